The van der Waals surface area contributed by atoms with E-state index in [1.165, 1.54) is 22.8 Å². The number of rotatable bonds is 10. The van der Waals surface area contributed by atoms with Gasteiger partial charge in [0, 0.05) is 57.7 Å². The lowest BCUT2D eigenvalue weighted by Crippen LogP contribution is -2.54. The quantitative estimate of drug-likeness (QED) is 0.243. The molecule has 0 radical (unpaired) electrons. The summed E-state index contributed by atoms with van der Waals surface area (Å²) in [6.45, 7) is 3.69. The summed E-state index contributed by atoms with van der Waals surface area (Å²) in [5, 5.41) is 20.3. The van der Waals surface area contributed by atoms with Crippen molar-refractivity contribution in [2.75, 3.05) is 39.9 Å². The first kappa shape index (κ1) is 29.9. The molecule has 1 saturated heterocycles. The van der Waals surface area contributed by atoms with Gasteiger partial charge in [-0.2, -0.15) is 5.10 Å². The minimum absolute atomic E-state index is 0.0172. The summed E-state index contributed by atoms with van der Waals surface area (Å²) in [4.78, 5) is 40.5. The summed E-state index contributed by atoms with van der Waals surface area (Å²) < 4.78 is 21.1. The highest BCUT2D eigenvalue weighted by atomic mass is 19.1. The van der Waals surface area contributed by atoms with Crippen molar-refractivity contribution in [1.82, 2.24) is 25.1 Å². The number of carbonyl (C=O) groups is 3. The van der Waals surface area contributed by atoms with Crippen LogP contribution in [0.2, 0.25) is 0 Å². The zero-order valence-corrected chi connectivity index (χ0v) is 24.1. The lowest BCUT2D eigenvalue weighted by molar-refractivity contribution is -0.122. The normalized spacial score (nSPS) is 15.0. The molecule has 5 rings (SSSR count). The van der Waals surface area contributed by atoms with Crippen molar-refractivity contribution in [2.24, 2.45) is 0 Å². The molecule has 0 unspecified atom stereocenters. The Morgan fingerprint density at radius 2 is 1.95 bits per heavy atom. The molecule has 0 aliphatic carbocycles. The average molecular weight is 588 g/mol. The molecular weight excluding hydrogens is 553 g/mol. The third kappa shape index (κ3) is 6.42. The van der Waals surface area contributed by atoms with Gasteiger partial charge in [-0.3, -0.25) is 9.59 Å². The fourth-order valence-corrected chi connectivity index (χ4v) is 5.54. The molecule has 11 heteroatoms. The van der Waals surface area contributed by atoms with Crippen LogP contribution < -0.4 is 10.6 Å². The van der Waals surface area contributed by atoms with Gasteiger partial charge in [0.15, 0.2) is 0 Å². The number of benzene rings is 2. The van der Waals surface area contributed by atoms with E-state index in [0.29, 0.717) is 54.0 Å². The van der Waals surface area contributed by atoms with Gasteiger partial charge < -0.3 is 25.4 Å². The number of nitrogens with one attached hydrogen (secondary N) is 2. The fraction of sp³-hybridized carbons (Fsp3) is 0.312. The van der Waals surface area contributed by atoms with E-state index in [0.717, 1.165) is 5.56 Å². The molecule has 10 nitrogen and oxygen atoms in total. The van der Waals surface area contributed by atoms with Crippen LogP contribution in [0.3, 0.4) is 0 Å². The zero-order chi connectivity index (χ0) is 30.5. The number of nitrogens with zero attached hydrogens (tertiary/aromatic N) is 3. The number of amides is 2. The van der Waals surface area contributed by atoms with E-state index in [1.54, 1.807) is 25.0 Å². The second kappa shape index (κ2) is 13.1. The standard InChI is InChI=1S/C32H34FN5O5/c1-20-22(9-6-10-26(20)33)15-25-29(21-7-4-3-5-8-21)27-16-23(32(41)42)18-36-38(27)30(25)31(40)37-13-11-34-24(19-37)17-28(39)35-12-14-43-2/h3-10,16,18,24,34H,11-15,17,19H2,1-2H3,(H,35,39)(H,41,42)/t24-/m0/s1. The van der Waals surface area contributed by atoms with Crippen LogP contribution in [0, 0.1) is 12.7 Å². The number of hydrogen-bond donors (Lipinski definition) is 3. The largest absolute Gasteiger partial charge is 0.478 e. The SMILES string of the molecule is COCCNC(=O)C[C@H]1CN(C(=O)c2c(Cc3cccc(F)c3C)c(-c3ccccc3)c3cc(C(=O)O)cnn23)CCN1. The van der Waals surface area contributed by atoms with Crippen LogP contribution in [0.15, 0.2) is 60.8 Å². The molecule has 3 N–H and O–H groups in total. The molecule has 0 saturated carbocycles. The van der Waals surface area contributed by atoms with Crippen LogP contribution in [0.25, 0.3) is 16.6 Å². The van der Waals surface area contributed by atoms with Gasteiger partial charge in [-0.15, -0.1) is 0 Å². The number of halogens is 1. The summed E-state index contributed by atoms with van der Waals surface area (Å²) in [6, 6.07) is 15.5. The molecule has 2 amide bonds. The van der Waals surface area contributed by atoms with Crippen molar-refractivity contribution < 1.29 is 28.6 Å². The van der Waals surface area contributed by atoms with Crippen molar-refractivity contribution in [3.63, 3.8) is 0 Å². The Bertz CT molecular complexity index is 1660. The Labute approximate surface area is 248 Å². The number of carbonyl (C=O) groups excluding carboxylic acids is 2. The van der Waals surface area contributed by atoms with Crippen LogP contribution in [-0.4, -0.2) is 83.3 Å². The molecule has 1 aliphatic rings. The van der Waals surface area contributed by atoms with E-state index >= 15 is 0 Å². The second-order valence-electron chi connectivity index (χ2n) is 10.6. The first-order chi connectivity index (χ1) is 20.8. The molecule has 1 atom stereocenters. The number of aromatic carboxylic acids is 1. The summed E-state index contributed by atoms with van der Waals surface area (Å²) >= 11 is 0. The molecule has 1 aliphatic heterocycles. The molecule has 2 aromatic heterocycles. The Kier molecular flexibility index (Phi) is 9.13. The minimum Gasteiger partial charge on any atom is -0.478 e. The van der Waals surface area contributed by atoms with Gasteiger partial charge in [0.25, 0.3) is 5.91 Å². The van der Waals surface area contributed by atoms with E-state index in [9.17, 15) is 23.9 Å². The first-order valence-electron chi connectivity index (χ1n) is 14.1. The third-order valence-electron chi connectivity index (χ3n) is 7.75. The molecule has 3 heterocycles. The van der Waals surface area contributed by atoms with E-state index < -0.39 is 5.97 Å². The van der Waals surface area contributed by atoms with Crippen LogP contribution >= 0.6 is 0 Å². The van der Waals surface area contributed by atoms with Crippen LogP contribution in [0.4, 0.5) is 4.39 Å². The molecule has 0 spiro atoms. The monoisotopic (exact) mass is 587 g/mol. The molecule has 224 valence electrons. The van der Waals surface area contributed by atoms with Gasteiger partial charge in [-0.05, 0) is 41.3 Å². The van der Waals surface area contributed by atoms with Gasteiger partial charge in [0.2, 0.25) is 5.91 Å². The second-order valence-corrected chi connectivity index (χ2v) is 10.6. The van der Waals surface area contributed by atoms with Crippen molar-refractivity contribution in [2.45, 2.75) is 25.8 Å². The average Bonchev–Trinajstić information content (AvgIpc) is 3.32. The molecule has 4 aromatic rings. The van der Waals surface area contributed by atoms with Crippen LogP contribution in [0.1, 0.15) is 44.0 Å². The van der Waals surface area contributed by atoms with Crippen molar-refractivity contribution in [3.05, 3.63) is 94.6 Å². The maximum Gasteiger partial charge on any atom is 0.337 e. The number of methoxy groups -OCH3 is 1. The third-order valence-corrected chi connectivity index (χ3v) is 7.75. The van der Waals surface area contributed by atoms with Crippen LogP contribution in [-0.2, 0) is 16.0 Å². The number of ether oxygens (including phenoxy) is 1. The van der Waals surface area contributed by atoms with Gasteiger partial charge in [-0.1, -0.05) is 42.5 Å². The number of fused-ring (bicyclic) bond motifs is 1. The molecule has 0 bridgehead atoms. The Hall–Kier alpha value is -4.61. The van der Waals surface area contributed by atoms with Gasteiger partial charge in [0.1, 0.15) is 11.5 Å². The maximum absolute atomic E-state index is 14.6. The van der Waals surface area contributed by atoms with E-state index in [2.05, 4.69) is 15.7 Å². The summed E-state index contributed by atoms with van der Waals surface area (Å²) in [6.07, 6.45) is 1.63. The molecule has 43 heavy (non-hydrogen) atoms. The van der Waals surface area contributed by atoms with E-state index in [4.69, 9.17) is 4.74 Å². The van der Waals surface area contributed by atoms with Gasteiger partial charge in [0.05, 0.1) is 23.9 Å². The van der Waals surface area contributed by atoms with Gasteiger partial charge >= 0.3 is 5.97 Å². The number of carboxylic acids is 1. The van der Waals surface area contributed by atoms with Crippen molar-refractivity contribution in [1.29, 1.82) is 0 Å². The van der Waals surface area contributed by atoms with Crippen molar-refractivity contribution >= 4 is 23.3 Å². The lowest BCUT2D eigenvalue weighted by atomic mass is 9.93. The number of piperazine rings is 1. The summed E-state index contributed by atoms with van der Waals surface area (Å²) in [7, 11) is 1.56. The Morgan fingerprint density at radius 1 is 1.16 bits per heavy atom. The summed E-state index contributed by atoms with van der Waals surface area (Å²) in [5.74, 6) is -1.94. The minimum atomic E-state index is -1.14. The maximum atomic E-state index is 14.6. The Morgan fingerprint density at radius 3 is 2.70 bits per heavy atom. The van der Waals surface area contributed by atoms with E-state index in [1.807, 2.05) is 36.4 Å². The highest BCUT2D eigenvalue weighted by Crippen LogP contribution is 2.36. The predicted molar refractivity (Wildman–Crippen MR) is 159 cm³/mol. The lowest BCUT2D eigenvalue weighted by Gasteiger charge is -2.33. The molecule has 2 aromatic carbocycles. The number of carboxylic acid groups (broad SMARTS) is 1. The fourth-order valence-electron chi connectivity index (χ4n) is 5.54. The van der Waals surface area contributed by atoms with Gasteiger partial charge in [-0.25, -0.2) is 13.7 Å². The number of aromatic nitrogens is 2. The van der Waals surface area contributed by atoms with Crippen LogP contribution in [0.5, 0.6) is 0 Å². The topological polar surface area (TPSA) is 125 Å². The highest BCUT2D eigenvalue weighted by molar-refractivity contribution is 6.02. The van der Waals surface area contributed by atoms with E-state index in [-0.39, 0.29) is 54.3 Å². The van der Waals surface area contributed by atoms with Crippen molar-refractivity contribution in [3.8, 4) is 11.1 Å². The zero-order valence-electron chi connectivity index (χ0n) is 24.1. The predicted octanol–water partition coefficient (Wildman–Crippen LogP) is 3.30. The molecular formula is C32H34FN5O5. The smallest absolute Gasteiger partial charge is 0.337 e. The first-order valence-corrected chi connectivity index (χ1v) is 14.1. The number of hydrogen-bond acceptors (Lipinski definition) is 6. The molecule has 1 fully saturated rings. The summed E-state index contributed by atoms with van der Waals surface area (Å²) in [5.41, 5.74) is 3.94. The highest BCUT2D eigenvalue weighted by Gasteiger charge is 2.32. The Balaban J connectivity index is 1.61.